The van der Waals surface area contributed by atoms with Crippen molar-refractivity contribution in [1.82, 2.24) is 0 Å². The lowest BCUT2D eigenvalue weighted by molar-refractivity contribution is 0.595. The van der Waals surface area contributed by atoms with Gasteiger partial charge in [0.15, 0.2) is 9.84 Å². The summed E-state index contributed by atoms with van der Waals surface area (Å²) in [5.41, 5.74) is 6.12. The normalized spacial score (nSPS) is 13.5. The predicted molar refractivity (Wildman–Crippen MR) is 71.1 cm³/mol. The van der Waals surface area contributed by atoms with Gasteiger partial charge in [-0.15, -0.1) is 0 Å². The first kappa shape index (κ1) is 14.2. The molecule has 0 aromatic heterocycles. The number of hydrogen-bond donors (Lipinski definition) is 1. The van der Waals surface area contributed by atoms with Crippen molar-refractivity contribution in [3.63, 3.8) is 0 Å². The van der Waals surface area contributed by atoms with Gasteiger partial charge in [-0.25, -0.2) is 8.42 Å². The molecule has 0 amide bonds. The van der Waals surface area contributed by atoms with E-state index in [1.807, 2.05) is 6.92 Å². The summed E-state index contributed by atoms with van der Waals surface area (Å²) in [6.45, 7) is 1.81. The summed E-state index contributed by atoms with van der Waals surface area (Å²) in [6.07, 6.45) is 0.594. The Kier molecular flexibility index (Phi) is 5.14. The van der Waals surface area contributed by atoms with E-state index in [4.69, 9.17) is 5.73 Å². The Bertz CT molecular complexity index is 480. The van der Waals surface area contributed by atoms with E-state index in [0.29, 0.717) is 17.0 Å². The molecule has 0 heterocycles. The van der Waals surface area contributed by atoms with Gasteiger partial charge in [-0.2, -0.15) is 0 Å². The Morgan fingerprint density at radius 2 is 1.76 bits per heavy atom. The van der Waals surface area contributed by atoms with Crippen LogP contribution in [0.25, 0.3) is 0 Å². The summed E-state index contributed by atoms with van der Waals surface area (Å²) < 4.78 is 34.7. The molecule has 0 saturated carbocycles. The molecular weight excluding hydrogens is 258 g/mol. The van der Waals surface area contributed by atoms with Crippen LogP contribution in [-0.4, -0.2) is 29.9 Å². The maximum Gasteiger partial charge on any atom is 0.151 e. The van der Waals surface area contributed by atoms with Crippen LogP contribution in [0.1, 0.15) is 13.3 Å². The van der Waals surface area contributed by atoms with Crippen molar-refractivity contribution in [2.75, 3.05) is 23.0 Å². The lowest BCUT2D eigenvalue weighted by Gasteiger charge is -2.04. The standard InChI is InChI=1S/C11H17NO3S2/c1-2-8-17(14,15)9-7-16(13)11-5-3-10(12)4-6-11/h3-6H,2,7-9,12H2,1H3. The minimum atomic E-state index is -3.06. The highest BCUT2D eigenvalue weighted by molar-refractivity contribution is 7.93. The molecule has 0 bridgehead atoms. The van der Waals surface area contributed by atoms with Gasteiger partial charge in [0.25, 0.3) is 0 Å². The van der Waals surface area contributed by atoms with Gasteiger partial charge in [-0.3, -0.25) is 4.21 Å². The fourth-order valence-electron chi connectivity index (χ4n) is 1.35. The molecule has 1 atom stereocenters. The first-order valence-electron chi connectivity index (χ1n) is 5.39. The Morgan fingerprint density at radius 1 is 1.18 bits per heavy atom. The zero-order chi connectivity index (χ0) is 12.9. The highest BCUT2D eigenvalue weighted by Gasteiger charge is 2.12. The molecule has 1 aromatic rings. The zero-order valence-corrected chi connectivity index (χ0v) is 11.4. The first-order chi connectivity index (χ1) is 7.94. The fourth-order valence-corrected chi connectivity index (χ4v) is 4.48. The molecule has 0 saturated heterocycles. The van der Waals surface area contributed by atoms with Gasteiger partial charge in [0.1, 0.15) is 0 Å². The number of nitrogen functional groups attached to an aromatic ring is 1. The van der Waals surface area contributed by atoms with Crippen molar-refractivity contribution in [2.24, 2.45) is 0 Å². The topological polar surface area (TPSA) is 77.2 Å². The van der Waals surface area contributed by atoms with E-state index in [2.05, 4.69) is 0 Å². The predicted octanol–water partition coefficient (Wildman–Crippen LogP) is 1.20. The Morgan fingerprint density at radius 3 is 2.29 bits per heavy atom. The molecule has 96 valence electrons. The van der Waals surface area contributed by atoms with Crippen molar-refractivity contribution in [3.05, 3.63) is 24.3 Å². The molecule has 0 spiro atoms. The fraction of sp³-hybridized carbons (Fsp3) is 0.455. The molecule has 1 aromatic carbocycles. The molecule has 17 heavy (non-hydrogen) atoms. The number of benzene rings is 1. The van der Waals surface area contributed by atoms with E-state index < -0.39 is 20.6 Å². The van der Waals surface area contributed by atoms with Crippen LogP contribution in [0.3, 0.4) is 0 Å². The Hall–Kier alpha value is -0.880. The maximum atomic E-state index is 11.8. The van der Waals surface area contributed by atoms with E-state index in [1.165, 1.54) is 0 Å². The van der Waals surface area contributed by atoms with Crippen molar-refractivity contribution in [3.8, 4) is 0 Å². The van der Waals surface area contributed by atoms with Gasteiger partial charge in [0, 0.05) is 22.1 Å². The first-order valence-corrected chi connectivity index (χ1v) is 8.53. The van der Waals surface area contributed by atoms with Gasteiger partial charge in [-0.1, -0.05) is 6.92 Å². The molecule has 4 nitrogen and oxygen atoms in total. The average Bonchev–Trinajstić information content (AvgIpc) is 2.27. The number of anilines is 1. The molecule has 0 aliphatic heterocycles. The van der Waals surface area contributed by atoms with Crippen LogP contribution in [-0.2, 0) is 20.6 Å². The van der Waals surface area contributed by atoms with Crippen LogP contribution in [0.15, 0.2) is 29.2 Å². The van der Waals surface area contributed by atoms with Crippen LogP contribution in [0.4, 0.5) is 5.69 Å². The maximum absolute atomic E-state index is 11.8. The van der Waals surface area contributed by atoms with E-state index in [0.717, 1.165) is 0 Å². The van der Waals surface area contributed by atoms with Crippen LogP contribution in [0, 0.1) is 0 Å². The third-order valence-electron chi connectivity index (χ3n) is 2.24. The van der Waals surface area contributed by atoms with Crippen LogP contribution >= 0.6 is 0 Å². The third kappa shape index (κ3) is 4.87. The minimum Gasteiger partial charge on any atom is -0.399 e. The van der Waals surface area contributed by atoms with E-state index in [-0.39, 0.29) is 17.3 Å². The SMILES string of the molecule is CCCS(=O)(=O)CCS(=O)c1ccc(N)cc1. The molecular formula is C11H17NO3S2. The lowest BCUT2D eigenvalue weighted by Crippen LogP contribution is -2.16. The van der Waals surface area contributed by atoms with Crippen molar-refractivity contribution in [2.45, 2.75) is 18.2 Å². The summed E-state index contributed by atoms with van der Waals surface area (Å²) in [6, 6.07) is 6.65. The molecule has 0 radical (unpaired) electrons. The highest BCUT2D eigenvalue weighted by atomic mass is 32.2. The summed E-state index contributed by atoms with van der Waals surface area (Å²) in [4.78, 5) is 0.617. The molecule has 1 unspecified atom stereocenters. The second kappa shape index (κ2) is 6.16. The molecule has 0 fully saturated rings. The highest BCUT2D eigenvalue weighted by Crippen LogP contribution is 2.10. The van der Waals surface area contributed by atoms with Crippen molar-refractivity contribution >= 4 is 26.3 Å². The molecule has 6 heteroatoms. The van der Waals surface area contributed by atoms with E-state index in [9.17, 15) is 12.6 Å². The van der Waals surface area contributed by atoms with Crippen LogP contribution in [0.2, 0.25) is 0 Å². The van der Waals surface area contributed by atoms with Crippen LogP contribution in [0.5, 0.6) is 0 Å². The summed E-state index contributed by atoms with van der Waals surface area (Å²) in [5.74, 6) is 0.274. The Labute approximate surface area is 105 Å². The van der Waals surface area contributed by atoms with Gasteiger partial charge in [0.05, 0.1) is 16.6 Å². The molecule has 0 aliphatic carbocycles. The van der Waals surface area contributed by atoms with Gasteiger partial charge in [0.2, 0.25) is 0 Å². The smallest absolute Gasteiger partial charge is 0.151 e. The van der Waals surface area contributed by atoms with Crippen molar-refractivity contribution < 1.29 is 12.6 Å². The quantitative estimate of drug-likeness (QED) is 0.791. The Balaban J connectivity index is 2.59. The monoisotopic (exact) mass is 275 g/mol. The van der Waals surface area contributed by atoms with E-state index >= 15 is 0 Å². The summed E-state index contributed by atoms with van der Waals surface area (Å²) in [7, 11) is -4.34. The van der Waals surface area contributed by atoms with Crippen LogP contribution < -0.4 is 5.73 Å². The van der Waals surface area contributed by atoms with Gasteiger partial charge in [-0.05, 0) is 30.7 Å². The average molecular weight is 275 g/mol. The lowest BCUT2D eigenvalue weighted by atomic mass is 10.3. The number of rotatable bonds is 6. The van der Waals surface area contributed by atoms with Crippen molar-refractivity contribution in [1.29, 1.82) is 0 Å². The number of hydrogen-bond acceptors (Lipinski definition) is 4. The second-order valence-corrected chi connectivity index (χ2v) is 7.64. The third-order valence-corrected chi connectivity index (χ3v) is 5.73. The zero-order valence-electron chi connectivity index (χ0n) is 9.76. The summed E-state index contributed by atoms with van der Waals surface area (Å²) in [5, 5.41) is 0. The number of sulfone groups is 1. The second-order valence-electron chi connectivity index (χ2n) is 3.77. The van der Waals surface area contributed by atoms with Gasteiger partial charge >= 0.3 is 0 Å². The largest absolute Gasteiger partial charge is 0.399 e. The molecule has 0 aliphatic rings. The molecule has 2 N–H and O–H groups in total. The van der Waals surface area contributed by atoms with Gasteiger partial charge < -0.3 is 5.73 Å². The summed E-state index contributed by atoms with van der Waals surface area (Å²) >= 11 is 0. The number of nitrogens with two attached hydrogens (primary N) is 1. The molecule has 1 rings (SSSR count). The minimum absolute atomic E-state index is 0.0299. The van der Waals surface area contributed by atoms with E-state index in [1.54, 1.807) is 24.3 Å².